The monoisotopic (exact) mass is 334 g/mol. The molecule has 24 heavy (non-hydrogen) atoms. The van der Waals surface area contributed by atoms with E-state index in [1.165, 1.54) is 5.56 Å². The van der Waals surface area contributed by atoms with Gasteiger partial charge < -0.3 is 0 Å². The second-order valence-electron chi connectivity index (χ2n) is 5.15. The van der Waals surface area contributed by atoms with Crippen molar-refractivity contribution in [3.05, 3.63) is 83.7 Å². The van der Waals surface area contributed by atoms with Gasteiger partial charge in [0.2, 0.25) is 5.16 Å². The minimum absolute atomic E-state index is 0.773. The van der Waals surface area contributed by atoms with Crippen molar-refractivity contribution >= 4 is 24.1 Å². The summed E-state index contributed by atoms with van der Waals surface area (Å²) in [5.41, 5.74) is 2.39. The summed E-state index contributed by atoms with van der Waals surface area (Å²) >= 11 is 1.63. The van der Waals surface area contributed by atoms with E-state index in [0.717, 1.165) is 22.3 Å². The summed E-state index contributed by atoms with van der Waals surface area (Å²) in [5, 5.41) is 13.6. The fourth-order valence-electron chi connectivity index (χ4n) is 2.11. The van der Waals surface area contributed by atoms with E-state index < -0.39 is 0 Å². The van der Waals surface area contributed by atoms with Crippen molar-refractivity contribution < 1.29 is 0 Å². The SMILES string of the molecule is Cc1nnc(SCc2ccccc2)n1/N=C\C=C/c1ccccc1. The van der Waals surface area contributed by atoms with Crippen LogP contribution in [0.1, 0.15) is 17.0 Å². The number of benzene rings is 2. The van der Waals surface area contributed by atoms with E-state index in [0.29, 0.717) is 0 Å². The average Bonchev–Trinajstić information content (AvgIpc) is 2.99. The fourth-order valence-corrected chi connectivity index (χ4v) is 3.00. The van der Waals surface area contributed by atoms with Crippen LogP contribution < -0.4 is 0 Å². The molecule has 0 aliphatic carbocycles. The largest absolute Gasteiger partial charge is 0.212 e. The molecular weight excluding hydrogens is 316 g/mol. The minimum atomic E-state index is 0.773. The quantitative estimate of drug-likeness (QED) is 0.495. The molecule has 0 aliphatic heterocycles. The summed E-state index contributed by atoms with van der Waals surface area (Å²) in [4.78, 5) is 0. The highest BCUT2D eigenvalue weighted by molar-refractivity contribution is 7.98. The predicted molar refractivity (Wildman–Crippen MR) is 100 cm³/mol. The first-order chi connectivity index (χ1) is 11.8. The fraction of sp³-hybridized carbons (Fsp3) is 0.105. The molecule has 5 heteroatoms. The molecular formula is C19H18N4S. The summed E-state index contributed by atoms with van der Waals surface area (Å²) < 4.78 is 1.77. The van der Waals surface area contributed by atoms with Crippen LogP contribution in [0.15, 0.2) is 77.0 Å². The van der Waals surface area contributed by atoms with Crippen LogP contribution in [0, 0.1) is 6.92 Å². The third-order valence-electron chi connectivity index (χ3n) is 3.34. The van der Waals surface area contributed by atoms with Gasteiger partial charge in [0, 0.05) is 12.0 Å². The van der Waals surface area contributed by atoms with Crippen LogP contribution in [0.3, 0.4) is 0 Å². The van der Waals surface area contributed by atoms with Crippen molar-refractivity contribution in [2.24, 2.45) is 5.10 Å². The Morgan fingerprint density at radius 1 is 1.00 bits per heavy atom. The van der Waals surface area contributed by atoms with Gasteiger partial charge >= 0.3 is 0 Å². The predicted octanol–water partition coefficient (Wildman–Crippen LogP) is 4.43. The van der Waals surface area contributed by atoms with Crippen LogP contribution in [-0.2, 0) is 5.75 Å². The number of hydrogen-bond acceptors (Lipinski definition) is 4. The lowest BCUT2D eigenvalue weighted by Gasteiger charge is -2.01. The highest BCUT2D eigenvalue weighted by atomic mass is 32.2. The smallest absolute Gasteiger partial charge is 0.192 e. The molecule has 0 fully saturated rings. The Bertz CT molecular complexity index is 823. The van der Waals surface area contributed by atoms with Crippen molar-refractivity contribution in [1.29, 1.82) is 0 Å². The van der Waals surface area contributed by atoms with Crippen molar-refractivity contribution in [3.8, 4) is 0 Å². The van der Waals surface area contributed by atoms with Gasteiger partial charge in [-0.2, -0.15) is 9.78 Å². The molecule has 120 valence electrons. The first-order valence-corrected chi connectivity index (χ1v) is 8.66. The van der Waals surface area contributed by atoms with Crippen LogP contribution in [0.5, 0.6) is 0 Å². The van der Waals surface area contributed by atoms with Crippen LogP contribution in [0.2, 0.25) is 0 Å². The Labute approximate surface area is 145 Å². The van der Waals surface area contributed by atoms with E-state index in [2.05, 4.69) is 39.6 Å². The Hall–Kier alpha value is -2.66. The van der Waals surface area contributed by atoms with Gasteiger partial charge in [0.15, 0.2) is 5.82 Å². The second kappa shape index (κ2) is 8.26. The maximum atomic E-state index is 4.45. The first kappa shape index (κ1) is 16.2. The van der Waals surface area contributed by atoms with Crippen molar-refractivity contribution in [2.45, 2.75) is 17.8 Å². The van der Waals surface area contributed by atoms with Crippen LogP contribution in [0.4, 0.5) is 0 Å². The van der Waals surface area contributed by atoms with E-state index >= 15 is 0 Å². The first-order valence-electron chi connectivity index (χ1n) is 7.68. The maximum absolute atomic E-state index is 4.45. The zero-order chi connectivity index (χ0) is 16.6. The lowest BCUT2D eigenvalue weighted by Crippen LogP contribution is -1.95. The molecule has 0 amide bonds. The highest BCUT2D eigenvalue weighted by Crippen LogP contribution is 2.21. The molecule has 4 nitrogen and oxygen atoms in total. The van der Waals surface area contributed by atoms with Gasteiger partial charge in [-0.1, -0.05) is 78.5 Å². The van der Waals surface area contributed by atoms with Gasteiger partial charge in [-0.05, 0) is 24.1 Å². The molecule has 0 unspecified atom stereocenters. The number of thioether (sulfide) groups is 1. The van der Waals surface area contributed by atoms with E-state index in [9.17, 15) is 0 Å². The zero-order valence-corrected chi connectivity index (χ0v) is 14.2. The van der Waals surface area contributed by atoms with Crippen LogP contribution in [-0.4, -0.2) is 21.1 Å². The maximum Gasteiger partial charge on any atom is 0.212 e. The third kappa shape index (κ3) is 4.43. The van der Waals surface area contributed by atoms with Gasteiger partial charge in [0.25, 0.3) is 0 Å². The molecule has 2 aromatic carbocycles. The van der Waals surface area contributed by atoms with E-state index in [-0.39, 0.29) is 0 Å². The van der Waals surface area contributed by atoms with E-state index in [1.807, 2.05) is 55.5 Å². The van der Waals surface area contributed by atoms with E-state index in [4.69, 9.17) is 0 Å². The normalized spacial score (nSPS) is 11.5. The molecule has 3 aromatic rings. The van der Waals surface area contributed by atoms with Crippen LogP contribution in [0.25, 0.3) is 6.08 Å². The average molecular weight is 334 g/mol. The van der Waals surface area contributed by atoms with E-state index in [1.54, 1.807) is 22.7 Å². The Morgan fingerprint density at radius 2 is 1.71 bits per heavy atom. The molecule has 0 N–H and O–H groups in total. The summed E-state index contributed by atoms with van der Waals surface area (Å²) in [6, 6.07) is 20.4. The van der Waals surface area contributed by atoms with Gasteiger partial charge in [-0.3, -0.25) is 0 Å². The number of allylic oxidation sites excluding steroid dienone is 1. The topological polar surface area (TPSA) is 43.1 Å². The highest BCUT2D eigenvalue weighted by Gasteiger charge is 2.08. The Kier molecular flexibility index (Phi) is 5.58. The molecule has 0 radical (unpaired) electrons. The molecule has 0 spiro atoms. The van der Waals surface area contributed by atoms with Gasteiger partial charge in [0.05, 0.1) is 0 Å². The van der Waals surface area contributed by atoms with Gasteiger partial charge in [-0.25, -0.2) is 0 Å². The lowest BCUT2D eigenvalue weighted by molar-refractivity contribution is 0.744. The number of aromatic nitrogens is 3. The molecule has 1 aromatic heterocycles. The third-order valence-corrected chi connectivity index (χ3v) is 4.33. The minimum Gasteiger partial charge on any atom is -0.192 e. The Balaban J connectivity index is 1.66. The van der Waals surface area contributed by atoms with Gasteiger partial charge in [-0.15, -0.1) is 10.2 Å². The lowest BCUT2D eigenvalue weighted by atomic mass is 10.2. The second-order valence-corrected chi connectivity index (χ2v) is 6.09. The number of rotatable bonds is 6. The molecule has 0 saturated heterocycles. The molecule has 0 bridgehead atoms. The molecule has 0 atom stereocenters. The van der Waals surface area contributed by atoms with Gasteiger partial charge in [0.1, 0.15) is 0 Å². The Morgan fingerprint density at radius 3 is 2.46 bits per heavy atom. The zero-order valence-electron chi connectivity index (χ0n) is 13.4. The summed E-state index contributed by atoms with van der Waals surface area (Å²) in [5.74, 6) is 1.61. The number of aryl methyl sites for hydroxylation is 1. The van der Waals surface area contributed by atoms with Crippen molar-refractivity contribution in [2.75, 3.05) is 0 Å². The molecule has 0 saturated carbocycles. The molecule has 0 aliphatic rings. The number of nitrogens with zero attached hydrogens (tertiary/aromatic N) is 4. The number of hydrogen-bond donors (Lipinski definition) is 0. The van der Waals surface area contributed by atoms with Crippen molar-refractivity contribution in [1.82, 2.24) is 14.9 Å². The summed E-state index contributed by atoms with van der Waals surface area (Å²) in [7, 11) is 0. The molecule has 3 rings (SSSR count). The standard InChI is InChI=1S/C19H18N4S/c1-16-21-22-19(24-15-18-11-6-3-7-12-18)23(16)20-14-8-13-17-9-4-2-5-10-17/h2-14H,15H2,1H3/b13-8-,20-14-. The van der Waals surface area contributed by atoms with Crippen molar-refractivity contribution in [3.63, 3.8) is 0 Å². The van der Waals surface area contributed by atoms with Crippen LogP contribution >= 0.6 is 11.8 Å². The summed E-state index contributed by atoms with van der Waals surface area (Å²) in [6.45, 7) is 1.90. The summed E-state index contributed by atoms with van der Waals surface area (Å²) in [6.07, 6.45) is 5.69. The molecule has 1 heterocycles.